The molecule has 7 nitrogen and oxygen atoms in total. The Bertz CT molecular complexity index is 1330. The second-order valence-electron chi connectivity index (χ2n) is 8.36. The Morgan fingerprint density at radius 1 is 1.20 bits per heavy atom. The molecule has 4 aromatic rings. The SMILES string of the molecule is C=CCn1c(SCC(=O)NC(C)COC)nnc1-c1cc(-c2ccc(C)cc2)nc2ccccc12. The van der Waals surface area contributed by atoms with Crippen LogP contribution in [0, 0.1) is 6.92 Å². The number of allylic oxidation sites excluding steroid dienone is 1. The lowest BCUT2D eigenvalue weighted by Gasteiger charge is -2.13. The van der Waals surface area contributed by atoms with Gasteiger partial charge < -0.3 is 10.1 Å². The van der Waals surface area contributed by atoms with Gasteiger partial charge in [-0.3, -0.25) is 9.36 Å². The molecule has 1 N–H and O–H groups in total. The second-order valence-corrected chi connectivity index (χ2v) is 9.30. The number of rotatable bonds is 10. The number of thioether (sulfide) groups is 1. The molecule has 0 saturated carbocycles. The summed E-state index contributed by atoms with van der Waals surface area (Å²) in [6.07, 6.45) is 1.81. The average molecular weight is 488 g/mol. The molecule has 2 heterocycles. The first kappa shape index (κ1) is 24.6. The lowest BCUT2D eigenvalue weighted by Crippen LogP contribution is -2.36. The van der Waals surface area contributed by atoms with Crippen LogP contribution in [0.2, 0.25) is 0 Å². The van der Waals surface area contributed by atoms with Gasteiger partial charge in [-0.15, -0.1) is 16.8 Å². The number of nitrogens with zero attached hydrogens (tertiary/aromatic N) is 4. The predicted molar refractivity (Wildman–Crippen MR) is 141 cm³/mol. The smallest absolute Gasteiger partial charge is 0.230 e. The fourth-order valence-electron chi connectivity index (χ4n) is 3.86. The molecule has 0 fully saturated rings. The number of carbonyl (C=O) groups is 1. The summed E-state index contributed by atoms with van der Waals surface area (Å²) in [5, 5.41) is 13.5. The minimum absolute atomic E-state index is 0.0573. The van der Waals surface area contributed by atoms with Gasteiger partial charge in [0.2, 0.25) is 5.91 Å². The fraction of sp³-hybridized carbons (Fsp3) is 0.259. The summed E-state index contributed by atoms with van der Waals surface area (Å²) in [4.78, 5) is 17.3. The van der Waals surface area contributed by atoms with Crippen molar-refractivity contribution in [3.05, 3.63) is 72.8 Å². The molecule has 0 aliphatic heterocycles. The third-order valence-corrected chi connectivity index (χ3v) is 6.46. The van der Waals surface area contributed by atoms with E-state index >= 15 is 0 Å². The van der Waals surface area contributed by atoms with Crippen molar-refractivity contribution in [2.24, 2.45) is 0 Å². The van der Waals surface area contributed by atoms with Crippen LogP contribution >= 0.6 is 11.8 Å². The van der Waals surface area contributed by atoms with Crippen molar-refractivity contribution < 1.29 is 9.53 Å². The maximum absolute atomic E-state index is 12.4. The van der Waals surface area contributed by atoms with E-state index < -0.39 is 0 Å². The number of fused-ring (bicyclic) bond motifs is 1. The first-order valence-corrected chi connectivity index (χ1v) is 12.4. The number of benzene rings is 2. The van der Waals surface area contributed by atoms with E-state index in [2.05, 4.69) is 59.3 Å². The third-order valence-electron chi connectivity index (χ3n) is 5.49. The number of carbonyl (C=O) groups excluding carboxylic acids is 1. The van der Waals surface area contributed by atoms with E-state index in [1.54, 1.807) is 7.11 Å². The molecule has 0 bridgehead atoms. The van der Waals surface area contributed by atoms with Crippen LogP contribution in [0.4, 0.5) is 0 Å². The van der Waals surface area contributed by atoms with Gasteiger partial charge in [0.25, 0.3) is 0 Å². The first-order chi connectivity index (χ1) is 17.0. The number of methoxy groups -OCH3 is 1. The van der Waals surface area contributed by atoms with Gasteiger partial charge in [0, 0.05) is 36.2 Å². The number of hydrogen-bond donors (Lipinski definition) is 1. The summed E-state index contributed by atoms with van der Waals surface area (Å²) in [6.45, 7) is 8.87. The number of ether oxygens (including phenoxy) is 1. The van der Waals surface area contributed by atoms with E-state index in [-0.39, 0.29) is 17.7 Å². The second kappa shape index (κ2) is 11.3. The van der Waals surface area contributed by atoms with Crippen molar-refractivity contribution in [2.75, 3.05) is 19.5 Å². The van der Waals surface area contributed by atoms with Crippen LogP contribution in [0.15, 0.2) is 72.4 Å². The molecule has 35 heavy (non-hydrogen) atoms. The number of aromatic nitrogens is 4. The van der Waals surface area contributed by atoms with E-state index in [1.807, 2.05) is 41.8 Å². The molecular weight excluding hydrogens is 458 g/mol. The summed E-state index contributed by atoms with van der Waals surface area (Å²) in [7, 11) is 1.61. The van der Waals surface area contributed by atoms with Crippen LogP contribution in [-0.4, -0.2) is 51.2 Å². The summed E-state index contributed by atoms with van der Waals surface area (Å²) in [5.41, 5.74) is 4.92. The molecule has 2 aromatic carbocycles. The molecule has 0 saturated heterocycles. The molecule has 2 aromatic heterocycles. The van der Waals surface area contributed by atoms with Gasteiger partial charge in [-0.25, -0.2) is 4.98 Å². The summed E-state index contributed by atoms with van der Waals surface area (Å²) < 4.78 is 7.08. The van der Waals surface area contributed by atoms with Gasteiger partial charge in [0.15, 0.2) is 11.0 Å². The van der Waals surface area contributed by atoms with Gasteiger partial charge in [-0.1, -0.05) is 65.9 Å². The Morgan fingerprint density at radius 2 is 1.97 bits per heavy atom. The molecule has 1 atom stereocenters. The van der Waals surface area contributed by atoms with Gasteiger partial charge in [-0.2, -0.15) is 0 Å². The highest BCUT2D eigenvalue weighted by molar-refractivity contribution is 7.99. The zero-order chi connectivity index (χ0) is 24.8. The van der Waals surface area contributed by atoms with Crippen LogP contribution in [0.3, 0.4) is 0 Å². The van der Waals surface area contributed by atoms with Crippen molar-refractivity contribution in [1.82, 2.24) is 25.1 Å². The van der Waals surface area contributed by atoms with E-state index in [0.717, 1.165) is 27.7 Å². The van der Waals surface area contributed by atoms with E-state index in [1.165, 1.54) is 17.3 Å². The maximum atomic E-state index is 12.4. The Kier molecular flexibility index (Phi) is 7.94. The molecule has 8 heteroatoms. The monoisotopic (exact) mass is 487 g/mol. The zero-order valence-corrected chi connectivity index (χ0v) is 21.0. The molecule has 180 valence electrons. The first-order valence-electron chi connectivity index (χ1n) is 11.4. The highest BCUT2D eigenvalue weighted by Crippen LogP contribution is 2.33. The normalized spacial score (nSPS) is 12.0. The van der Waals surface area contributed by atoms with Crippen molar-refractivity contribution in [3.8, 4) is 22.6 Å². The molecule has 0 radical (unpaired) electrons. The quantitative estimate of drug-likeness (QED) is 0.253. The van der Waals surface area contributed by atoms with Gasteiger partial charge in [0.1, 0.15) is 0 Å². The Labute approximate surface area is 209 Å². The minimum atomic E-state index is -0.0785. The molecule has 0 spiro atoms. The third kappa shape index (κ3) is 5.78. The maximum Gasteiger partial charge on any atom is 0.230 e. The molecule has 0 aliphatic rings. The van der Waals surface area contributed by atoms with Crippen molar-refractivity contribution in [1.29, 1.82) is 0 Å². The number of pyridine rings is 1. The summed E-state index contributed by atoms with van der Waals surface area (Å²) in [6, 6.07) is 18.4. The van der Waals surface area contributed by atoms with Crippen LogP contribution in [0.5, 0.6) is 0 Å². The Balaban J connectivity index is 1.71. The van der Waals surface area contributed by atoms with Crippen LogP contribution in [0.25, 0.3) is 33.5 Å². The van der Waals surface area contributed by atoms with Crippen LogP contribution in [-0.2, 0) is 16.1 Å². The zero-order valence-electron chi connectivity index (χ0n) is 20.2. The Morgan fingerprint density at radius 3 is 2.71 bits per heavy atom. The lowest BCUT2D eigenvalue weighted by atomic mass is 10.0. The molecular formula is C27H29N5O2S. The minimum Gasteiger partial charge on any atom is -0.383 e. The molecule has 0 aliphatic carbocycles. The highest BCUT2D eigenvalue weighted by atomic mass is 32.2. The van der Waals surface area contributed by atoms with Crippen LogP contribution < -0.4 is 5.32 Å². The number of amides is 1. The van der Waals surface area contributed by atoms with Crippen molar-refractivity contribution in [3.63, 3.8) is 0 Å². The Hall–Kier alpha value is -3.49. The molecule has 1 amide bonds. The van der Waals surface area contributed by atoms with Crippen molar-refractivity contribution in [2.45, 2.75) is 31.6 Å². The largest absolute Gasteiger partial charge is 0.383 e. The van der Waals surface area contributed by atoms with Crippen molar-refractivity contribution >= 4 is 28.6 Å². The number of hydrogen-bond acceptors (Lipinski definition) is 6. The average Bonchev–Trinajstić information content (AvgIpc) is 3.25. The topological polar surface area (TPSA) is 81.9 Å². The van der Waals surface area contributed by atoms with Gasteiger partial charge in [-0.05, 0) is 26.0 Å². The fourth-order valence-corrected chi connectivity index (χ4v) is 4.62. The van der Waals surface area contributed by atoms with E-state index in [9.17, 15) is 4.79 Å². The molecule has 4 rings (SSSR count). The van der Waals surface area contributed by atoms with E-state index in [0.29, 0.717) is 24.1 Å². The highest BCUT2D eigenvalue weighted by Gasteiger charge is 2.19. The van der Waals surface area contributed by atoms with Gasteiger partial charge in [0.05, 0.1) is 23.6 Å². The number of nitrogens with one attached hydrogen (secondary N) is 1. The molecule has 1 unspecified atom stereocenters. The lowest BCUT2D eigenvalue weighted by molar-refractivity contribution is -0.119. The predicted octanol–water partition coefficient (Wildman–Crippen LogP) is 4.90. The number of para-hydroxylation sites is 1. The van der Waals surface area contributed by atoms with Gasteiger partial charge >= 0.3 is 0 Å². The summed E-state index contributed by atoms with van der Waals surface area (Å²) in [5.74, 6) is 0.868. The van der Waals surface area contributed by atoms with E-state index in [4.69, 9.17) is 9.72 Å². The standard InChI is InChI=1S/C27H29N5O2S/c1-5-14-32-26(30-31-27(32)35-17-25(33)28-19(3)16-34-4)22-15-24(20-12-10-18(2)11-13-20)29-23-9-7-6-8-21(22)23/h5-13,15,19H,1,14,16-17H2,2-4H3,(H,28,33). The van der Waals surface area contributed by atoms with Crippen LogP contribution in [0.1, 0.15) is 12.5 Å². The number of aryl methyl sites for hydroxylation is 1. The summed E-state index contributed by atoms with van der Waals surface area (Å²) >= 11 is 1.35.